The maximum Gasteiger partial charge on any atom is 0.320 e. The number of nitrogens with two attached hydrogens (primary N) is 1. The van der Waals surface area contributed by atoms with Gasteiger partial charge >= 0.3 is 6.03 Å². The maximum absolute atomic E-state index is 12.8. The maximum atomic E-state index is 12.8. The monoisotopic (exact) mass is 412 g/mol. The molecular weight excluding hydrogens is 396 g/mol. The van der Waals surface area contributed by atoms with Crippen molar-refractivity contribution < 1.29 is 9.59 Å². The van der Waals surface area contributed by atoms with E-state index in [9.17, 15) is 9.59 Å². The molecule has 0 bridgehead atoms. The minimum absolute atomic E-state index is 0.0686. The molecule has 3 rings (SSSR count). The van der Waals surface area contributed by atoms with Crippen molar-refractivity contribution in [2.45, 2.75) is 6.92 Å². The number of carbonyl (C=O) groups is 2. The minimum atomic E-state index is -0.650. The molecule has 0 spiro atoms. The Labute approximate surface area is 171 Å². The van der Waals surface area contributed by atoms with Crippen LogP contribution in [-0.2, 0) is 0 Å². The molecule has 0 atom stereocenters. The zero-order chi connectivity index (χ0) is 20.8. The summed E-state index contributed by atoms with van der Waals surface area (Å²) in [5, 5.41) is 5.85. The van der Waals surface area contributed by atoms with E-state index in [1.165, 1.54) is 23.5 Å². The van der Waals surface area contributed by atoms with Crippen LogP contribution in [0.4, 0.5) is 27.7 Å². The molecule has 3 aromatic rings. The summed E-state index contributed by atoms with van der Waals surface area (Å²) >= 11 is 5.66. The van der Waals surface area contributed by atoms with Crippen LogP contribution < -0.4 is 21.3 Å². The van der Waals surface area contributed by atoms with Gasteiger partial charge in [-0.2, -0.15) is 0 Å². The smallest absolute Gasteiger partial charge is 0.320 e. The van der Waals surface area contributed by atoms with E-state index in [1.54, 1.807) is 37.5 Å². The van der Waals surface area contributed by atoms with Gasteiger partial charge in [-0.1, -0.05) is 0 Å². The Morgan fingerprint density at radius 3 is 2.52 bits per heavy atom. The van der Waals surface area contributed by atoms with Gasteiger partial charge in [-0.15, -0.1) is 0 Å². The number of aromatic nitrogens is 4. The Morgan fingerprint density at radius 2 is 1.90 bits per heavy atom. The first-order valence-electron chi connectivity index (χ1n) is 8.51. The molecule has 3 amide bonds. The Kier molecular flexibility index (Phi) is 6.15. The quantitative estimate of drug-likeness (QED) is 0.529. The molecule has 11 heteroatoms. The van der Waals surface area contributed by atoms with Crippen molar-refractivity contribution >= 4 is 46.4 Å². The van der Waals surface area contributed by atoms with Crippen LogP contribution in [-0.4, -0.2) is 38.4 Å². The molecule has 3 heterocycles. The summed E-state index contributed by atoms with van der Waals surface area (Å²) in [5.74, 6) is -0.152. The summed E-state index contributed by atoms with van der Waals surface area (Å²) in [5.41, 5.74) is 7.06. The van der Waals surface area contributed by atoms with E-state index in [2.05, 4.69) is 30.6 Å². The second-order valence-electron chi connectivity index (χ2n) is 5.73. The fourth-order valence-corrected chi connectivity index (χ4v) is 2.57. The highest BCUT2D eigenvalue weighted by atomic mass is 35.5. The number of rotatable bonds is 6. The topological polar surface area (TPSA) is 139 Å². The minimum Gasteiger partial charge on any atom is -0.353 e. The molecule has 29 heavy (non-hydrogen) atoms. The Bertz CT molecular complexity index is 1010. The van der Waals surface area contributed by atoms with Gasteiger partial charge < -0.3 is 16.4 Å². The lowest BCUT2D eigenvalue weighted by atomic mass is 10.2. The molecule has 0 aromatic carbocycles. The molecular formula is C18H17ClN8O2. The van der Waals surface area contributed by atoms with Crippen LogP contribution in [0, 0.1) is 0 Å². The SMILES string of the molecule is CCN(C(N)=O)c1cc(Nc2cccnc2)c(C(=O)Nc2cnc(Cl)nc2)cn1. The number of nitrogens with zero attached hydrogens (tertiary/aromatic N) is 5. The molecule has 10 nitrogen and oxygen atoms in total. The van der Waals surface area contributed by atoms with Gasteiger partial charge in [0.15, 0.2) is 0 Å². The third kappa shape index (κ3) is 4.93. The fraction of sp³-hybridized carbons (Fsp3) is 0.111. The van der Waals surface area contributed by atoms with Crippen molar-refractivity contribution in [1.29, 1.82) is 0 Å². The molecule has 3 aromatic heterocycles. The first kappa shape index (κ1) is 20.0. The first-order chi connectivity index (χ1) is 14.0. The molecule has 0 saturated carbocycles. The van der Waals surface area contributed by atoms with Gasteiger partial charge in [-0.25, -0.2) is 19.7 Å². The molecule has 0 radical (unpaired) electrons. The lowest BCUT2D eigenvalue weighted by Gasteiger charge is -2.19. The number of urea groups is 1. The molecule has 0 fully saturated rings. The molecule has 0 unspecified atom stereocenters. The van der Waals surface area contributed by atoms with Gasteiger partial charge in [0.05, 0.1) is 41.2 Å². The van der Waals surface area contributed by atoms with Crippen LogP contribution in [0.1, 0.15) is 17.3 Å². The van der Waals surface area contributed by atoms with Crippen molar-refractivity contribution in [3.05, 3.63) is 60.0 Å². The summed E-state index contributed by atoms with van der Waals surface area (Å²) in [7, 11) is 0. The highest BCUT2D eigenvalue weighted by Crippen LogP contribution is 2.25. The average molecular weight is 413 g/mol. The number of hydrogen-bond acceptors (Lipinski definition) is 7. The summed E-state index contributed by atoms with van der Waals surface area (Å²) in [6.07, 6.45) is 7.35. The van der Waals surface area contributed by atoms with Crippen LogP contribution in [0.2, 0.25) is 5.28 Å². The number of nitrogens with one attached hydrogen (secondary N) is 2. The highest BCUT2D eigenvalue weighted by molar-refractivity contribution is 6.28. The summed E-state index contributed by atoms with van der Waals surface area (Å²) in [4.78, 5) is 41.6. The highest BCUT2D eigenvalue weighted by Gasteiger charge is 2.18. The van der Waals surface area contributed by atoms with E-state index >= 15 is 0 Å². The predicted octanol–water partition coefficient (Wildman–Crippen LogP) is 2.82. The lowest BCUT2D eigenvalue weighted by Crippen LogP contribution is -2.36. The van der Waals surface area contributed by atoms with Gasteiger partial charge in [-0.3, -0.25) is 14.7 Å². The average Bonchev–Trinajstić information content (AvgIpc) is 2.71. The van der Waals surface area contributed by atoms with Crippen LogP contribution >= 0.6 is 11.6 Å². The lowest BCUT2D eigenvalue weighted by molar-refractivity contribution is 0.102. The van der Waals surface area contributed by atoms with Crippen LogP contribution in [0.25, 0.3) is 0 Å². The number of pyridine rings is 2. The first-order valence-corrected chi connectivity index (χ1v) is 8.88. The van der Waals surface area contributed by atoms with Gasteiger partial charge in [0, 0.05) is 25.0 Å². The molecule has 0 saturated heterocycles. The Balaban J connectivity index is 1.96. The van der Waals surface area contributed by atoms with Crippen LogP contribution in [0.3, 0.4) is 0 Å². The Hall–Kier alpha value is -3.79. The standard InChI is InChI=1S/C18H17ClN8O2/c1-2-27(18(20)29)15-6-14(25-11-4-3-5-21-7-11)13(10-22-15)16(28)26-12-8-23-17(19)24-9-12/h3-10H,2H2,1H3,(H2,20,29)(H,22,25)(H,26,28). The number of primary amides is 1. The second-order valence-corrected chi connectivity index (χ2v) is 6.07. The fourth-order valence-electron chi connectivity index (χ4n) is 2.47. The Morgan fingerprint density at radius 1 is 1.14 bits per heavy atom. The molecule has 0 aliphatic rings. The van der Waals surface area contributed by atoms with Crippen molar-refractivity contribution in [3.8, 4) is 0 Å². The van der Waals surface area contributed by atoms with Crippen molar-refractivity contribution in [3.63, 3.8) is 0 Å². The second kappa shape index (κ2) is 8.93. The van der Waals surface area contributed by atoms with Crippen molar-refractivity contribution in [2.24, 2.45) is 5.73 Å². The number of amides is 3. The van der Waals surface area contributed by atoms with E-state index in [1.807, 2.05) is 0 Å². The summed E-state index contributed by atoms with van der Waals surface area (Å²) < 4.78 is 0. The van der Waals surface area contributed by atoms with Gasteiger partial charge in [0.25, 0.3) is 5.91 Å². The molecule has 4 N–H and O–H groups in total. The zero-order valence-corrected chi connectivity index (χ0v) is 16.1. The predicted molar refractivity (Wildman–Crippen MR) is 109 cm³/mol. The van der Waals surface area contributed by atoms with E-state index < -0.39 is 11.9 Å². The van der Waals surface area contributed by atoms with E-state index in [4.69, 9.17) is 17.3 Å². The summed E-state index contributed by atoms with van der Waals surface area (Å²) in [6, 6.07) is 4.45. The number of carbonyl (C=O) groups excluding carboxylic acids is 2. The zero-order valence-electron chi connectivity index (χ0n) is 15.3. The largest absolute Gasteiger partial charge is 0.353 e. The van der Waals surface area contributed by atoms with Gasteiger partial charge in [0.2, 0.25) is 5.28 Å². The number of anilines is 4. The molecule has 0 aliphatic heterocycles. The van der Waals surface area contributed by atoms with Gasteiger partial charge in [0.1, 0.15) is 5.82 Å². The molecule has 0 aliphatic carbocycles. The van der Waals surface area contributed by atoms with E-state index in [0.717, 1.165) is 0 Å². The third-order valence-corrected chi connectivity index (χ3v) is 4.01. The van der Waals surface area contributed by atoms with E-state index in [0.29, 0.717) is 29.4 Å². The number of hydrogen-bond donors (Lipinski definition) is 3. The van der Waals surface area contributed by atoms with Crippen LogP contribution in [0.5, 0.6) is 0 Å². The third-order valence-electron chi connectivity index (χ3n) is 3.81. The van der Waals surface area contributed by atoms with Crippen molar-refractivity contribution in [2.75, 3.05) is 22.1 Å². The van der Waals surface area contributed by atoms with E-state index in [-0.39, 0.29) is 10.8 Å². The van der Waals surface area contributed by atoms with Crippen molar-refractivity contribution in [1.82, 2.24) is 19.9 Å². The van der Waals surface area contributed by atoms with Gasteiger partial charge in [-0.05, 0) is 30.7 Å². The normalized spacial score (nSPS) is 10.3. The summed E-state index contributed by atoms with van der Waals surface area (Å²) in [6.45, 7) is 2.09. The van der Waals surface area contributed by atoms with Crippen LogP contribution in [0.15, 0.2) is 49.2 Å². The number of halogens is 1. The molecule has 148 valence electrons.